The minimum Gasteiger partial charge on any atom is -0.388 e. The lowest BCUT2D eigenvalue weighted by atomic mass is 10.1. The average Bonchev–Trinajstić information content (AvgIpc) is 3.28. The van der Waals surface area contributed by atoms with Crippen LogP contribution >= 0.6 is 19.2 Å². The number of anilines is 1. The highest BCUT2D eigenvalue weighted by Crippen LogP contribution is 2.37. The van der Waals surface area contributed by atoms with Gasteiger partial charge in [-0.3, -0.25) is 4.57 Å². The van der Waals surface area contributed by atoms with Crippen LogP contribution in [0.5, 0.6) is 0 Å². The number of aliphatic hydroxyl groups excluding tert-OH is 2. The van der Waals surface area contributed by atoms with E-state index in [-0.39, 0.29) is 23.6 Å². The van der Waals surface area contributed by atoms with E-state index >= 15 is 0 Å². The van der Waals surface area contributed by atoms with Crippen molar-refractivity contribution in [2.75, 3.05) is 5.32 Å². The third kappa shape index (κ3) is 5.31. The summed E-state index contributed by atoms with van der Waals surface area (Å²) in [6.45, 7) is 1.79. The van der Waals surface area contributed by atoms with Crippen LogP contribution in [0.25, 0.3) is 11.0 Å². The van der Waals surface area contributed by atoms with Crippen molar-refractivity contribution in [3.8, 4) is 0 Å². The number of ether oxygens (including phenoxy) is 1. The van der Waals surface area contributed by atoms with Crippen molar-refractivity contribution < 1.29 is 33.7 Å². The maximum atomic E-state index is 14.2. The van der Waals surface area contributed by atoms with Crippen LogP contribution in [0.15, 0.2) is 48.4 Å². The van der Waals surface area contributed by atoms with E-state index in [1.807, 2.05) is 0 Å². The van der Waals surface area contributed by atoms with E-state index in [1.165, 1.54) is 16.9 Å². The van der Waals surface area contributed by atoms with E-state index in [0.29, 0.717) is 28.1 Å². The number of pyridine rings is 1. The Morgan fingerprint density at radius 2 is 2.06 bits per heavy atom. The number of rotatable bonds is 7. The van der Waals surface area contributed by atoms with Crippen molar-refractivity contribution in [2.24, 2.45) is 0 Å². The summed E-state index contributed by atoms with van der Waals surface area (Å²) in [6, 6.07) is 7.62. The molecule has 1 aliphatic rings. The zero-order chi connectivity index (χ0) is 24.6. The third-order valence-electron chi connectivity index (χ3n) is 5.54. The second kappa shape index (κ2) is 9.71. The molecule has 10 nitrogen and oxygen atoms in total. The van der Waals surface area contributed by atoms with Gasteiger partial charge < -0.3 is 30.1 Å². The van der Waals surface area contributed by atoms with Crippen molar-refractivity contribution in [1.82, 2.24) is 14.8 Å². The third-order valence-corrected chi connectivity index (χ3v) is 6.30. The lowest BCUT2D eigenvalue weighted by molar-refractivity contribution is 0.0100. The zero-order valence-electron chi connectivity index (χ0n) is 17.9. The van der Waals surface area contributed by atoms with Crippen LogP contribution in [0.2, 0.25) is 5.15 Å². The van der Waals surface area contributed by atoms with Gasteiger partial charge in [0.05, 0.1) is 29.9 Å². The predicted molar refractivity (Wildman–Crippen MR) is 123 cm³/mol. The molecule has 13 heteroatoms. The van der Waals surface area contributed by atoms with E-state index in [1.54, 1.807) is 31.2 Å². The SMILES string of the molecule is C[C@H](Nc1cc(Cl)nc2c1cnn2C[C@H]1OC(/C=C/P(=O)(O)O)[C@@H](O)[C@H]1O)c1ccccc1F. The van der Waals surface area contributed by atoms with Gasteiger partial charge in [0.1, 0.15) is 35.4 Å². The Hall–Kier alpha value is -2.37. The second-order valence-corrected chi connectivity index (χ2v) is 9.86. The average molecular weight is 513 g/mol. The highest BCUT2D eigenvalue weighted by Gasteiger charge is 2.42. The minimum atomic E-state index is -4.45. The van der Waals surface area contributed by atoms with Crippen molar-refractivity contribution in [1.29, 1.82) is 0 Å². The van der Waals surface area contributed by atoms with Gasteiger partial charge in [-0.1, -0.05) is 29.8 Å². The number of fused-ring (bicyclic) bond motifs is 1. The summed E-state index contributed by atoms with van der Waals surface area (Å²) >= 11 is 6.22. The van der Waals surface area contributed by atoms with Crippen LogP contribution in [-0.4, -0.2) is 59.2 Å². The zero-order valence-corrected chi connectivity index (χ0v) is 19.5. The van der Waals surface area contributed by atoms with Crippen LogP contribution in [0.3, 0.4) is 0 Å². The highest BCUT2D eigenvalue weighted by atomic mass is 35.5. The van der Waals surface area contributed by atoms with E-state index in [2.05, 4.69) is 15.4 Å². The fraction of sp³-hybridized carbons (Fsp3) is 0.333. The number of aliphatic hydroxyl groups is 2. The molecule has 3 heterocycles. The first-order chi connectivity index (χ1) is 16.0. The fourth-order valence-electron chi connectivity index (χ4n) is 3.86. The van der Waals surface area contributed by atoms with Gasteiger partial charge in [0.2, 0.25) is 0 Å². The Bertz CT molecular complexity index is 1270. The van der Waals surface area contributed by atoms with Gasteiger partial charge in [-0.25, -0.2) is 14.1 Å². The van der Waals surface area contributed by atoms with Crippen molar-refractivity contribution in [3.63, 3.8) is 0 Å². The molecule has 0 bridgehead atoms. The van der Waals surface area contributed by atoms with E-state index in [0.717, 1.165) is 6.08 Å². The Balaban J connectivity index is 1.57. The van der Waals surface area contributed by atoms with Gasteiger partial charge in [-0.2, -0.15) is 5.10 Å². The quantitative estimate of drug-likeness (QED) is 0.238. The molecule has 4 rings (SSSR count). The van der Waals surface area contributed by atoms with Crippen LogP contribution in [0.1, 0.15) is 18.5 Å². The Morgan fingerprint density at radius 1 is 1.32 bits per heavy atom. The number of nitrogens with zero attached hydrogens (tertiary/aromatic N) is 3. The van der Waals surface area contributed by atoms with Crippen LogP contribution in [-0.2, 0) is 15.8 Å². The number of hydrogen-bond donors (Lipinski definition) is 5. The monoisotopic (exact) mass is 512 g/mol. The van der Waals surface area contributed by atoms with E-state index in [9.17, 15) is 19.2 Å². The first-order valence-electron chi connectivity index (χ1n) is 10.3. The fourth-order valence-corrected chi connectivity index (χ4v) is 4.45. The largest absolute Gasteiger partial charge is 0.388 e. The topological polar surface area (TPSA) is 150 Å². The molecular weight excluding hydrogens is 490 g/mol. The molecule has 1 aliphatic heterocycles. The molecule has 1 unspecified atom stereocenters. The van der Waals surface area contributed by atoms with Crippen LogP contribution < -0.4 is 5.32 Å². The van der Waals surface area contributed by atoms with Gasteiger partial charge in [-0.05, 0) is 25.1 Å². The maximum Gasteiger partial charge on any atom is 0.348 e. The van der Waals surface area contributed by atoms with Crippen LogP contribution in [0.4, 0.5) is 10.1 Å². The Morgan fingerprint density at radius 3 is 2.76 bits per heavy atom. The minimum absolute atomic E-state index is 0.0162. The molecule has 1 fully saturated rings. The van der Waals surface area contributed by atoms with Gasteiger partial charge in [0.25, 0.3) is 0 Å². The van der Waals surface area contributed by atoms with Gasteiger partial charge in [0, 0.05) is 11.4 Å². The summed E-state index contributed by atoms with van der Waals surface area (Å²) in [7, 11) is -4.45. The molecule has 5 N–H and O–H groups in total. The van der Waals surface area contributed by atoms with Gasteiger partial charge in [0.15, 0.2) is 5.65 Å². The molecule has 0 spiro atoms. The summed E-state index contributed by atoms with van der Waals surface area (Å²) in [5.74, 6) is 0.276. The second-order valence-electron chi connectivity index (χ2n) is 7.99. The number of hydrogen-bond acceptors (Lipinski definition) is 7. The number of nitrogens with one attached hydrogen (secondary N) is 1. The molecular formula is C21H23ClFN4O6P. The lowest BCUT2D eigenvalue weighted by Gasteiger charge is -2.18. The Kier molecular flexibility index (Phi) is 7.07. The molecule has 3 aromatic rings. The number of benzene rings is 1. The van der Waals surface area contributed by atoms with E-state index < -0.39 is 32.0 Å². The molecule has 182 valence electrons. The molecule has 2 aromatic heterocycles. The van der Waals surface area contributed by atoms with E-state index in [4.69, 9.17) is 26.1 Å². The molecule has 1 aromatic carbocycles. The molecule has 1 saturated heterocycles. The molecule has 0 saturated carbocycles. The summed E-state index contributed by atoms with van der Waals surface area (Å²) in [6.07, 6.45) is -2.19. The number of aromatic nitrogens is 3. The molecule has 0 radical (unpaired) electrons. The van der Waals surface area contributed by atoms with Crippen molar-refractivity contribution in [3.05, 3.63) is 65.0 Å². The highest BCUT2D eigenvalue weighted by molar-refractivity contribution is 7.55. The lowest BCUT2D eigenvalue weighted by Crippen LogP contribution is -2.34. The molecule has 34 heavy (non-hydrogen) atoms. The number of halogens is 2. The summed E-state index contributed by atoms with van der Waals surface area (Å²) in [5.41, 5.74) is 1.42. The molecule has 5 atom stereocenters. The summed E-state index contributed by atoms with van der Waals surface area (Å²) in [5, 5.41) is 28.8. The smallest absolute Gasteiger partial charge is 0.348 e. The molecule has 0 aliphatic carbocycles. The van der Waals surface area contributed by atoms with Crippen molar-refractivity contribution in [2.45, 2.75) is 43.9 Å². The van der Waals surface area contributed by atoms with Crippen LogP contribution in [0, 0.1) is 5.82 Å². The normalized spacial score (nSPS) is 24.2. The van der Waals surface area contributed by atoms with Gasteiger partial charge >= 0.3 is 7.60 Å². The maximum absolute atomic E-state index is 14.2. The standard InChI is InChI=1S/C21H23ClFN4O6P/c1-11(12-4-2-3-5-14(12)23)25-15-8-18(22)26-21-13(15)9-24-27(21)10-17-20(29)19(28)16(33-17)6-7-34(30,31)32/h2-9,11,16-17,19-20,28-29H,10H2,1H3,(H,25,26)(H2,30,31,32)/b7-6+/t11-,16?,17+,19+,20-/m0/s1. The first-order valence-corrected chi connectivity index (χ1v) is 12.4. The first kappa shape index (κ1) is 24.7. The summed E-state index contributed by atoms with van der Waals surface area (Å²) in [4.78, 5) is 22.3. The molecule has 0 amide bonds. The van der Waals surface area contributed by atoms with Gasteiger partial charge in [-0.15, -0.1) is 0 Å². The summed E-state index contributed by atoms with van der Waals surface area (Å²) < 4.78 is 32.3. The Labute approximate surface area is 198 Å². The predicted octanol–water partition coefficient (Wildman–Crippen LogP) is 2.58. The van der Waals surface area contributed by atoms with Crippen molar-refractivity contribution >= 4 is 35.9 Å².